The fraction of sp³-hybridized carbons (Fsp3) is 0. The summed E-state index contributed by atoms with van der Waals surface area (Å²) in [6, 6.07) is 14.4. The molecule has 2 aromatic carbocycles. The van der Waals surface area contributed by atoms with E-state index in [1.54, 1.807) is 18.3 Å². The minimum absolute atomic E-state index is 0.195. The van der Waals surface area contributed by atoms with E-state index < -0.39 is 5.97 Å². The van der Waals surface area contributed by atoms with Crippen molar-refractivity contribution in [1.29, 1.82) is 0 Å². The van der Waals surface area contributed by atoms with Gasteiger partial charge in [0, 0.05) is 16.6 Å². The van der Waals surface area contributed by atoms with Crippen LogP contribution < -0.4 is 0 Å². The van der Waals surface area contributed by atoms with Crippen LogP contribution in [0.5, 0.6) is 0 Å². The van der Waals surface area contributed by atoms with Crippen LogP contribution in [0.2, 0.25) is 5.02 Å². The van der Waals surface area contributed by atoms with E-state index in [2.05, 4.69) is 4.98 Å². The van der Waals surface area contributed by atoms with Gasteiger partial charge in [-0.3, -0.25) is 4.98 Å². The Balaban J connectivity index is 2.22. The zero-order valence-corrected chi connectivity index (χ0v) is 11.1. The van der Waals surface area contributed by atoms with Crippen molar-refractivity contribution < 1.29 is 9.90 Å². The van der Waals surface area contributed by atoms with E-state index in [9.17, 15) is 9.90 Å². The third-order valence-electron chi connectivity index (χ3n) is 3.13. The lowest BCUT2D eigenvalue weighted by atomic mass is 9.98. The molecule has 1 N–H and O–H groups in total. The van der Waals surface area contributed by atoms with Crippen molar-refractivity contribution in [2.45, 2.75) is 0 Å². The summed E-state index contributed by atoms with van der Waals surface area (Å²) >= 11 is 5.87. The Labute approximate surface area is 120 Å². The standard InChI is InChI=1S/C16H10ClNO2/c17-12-4-5-13(14(9-12)16(19)20)10-3-6-15-11(8-10)2-1-7-18-15/h1-9H,(H,19,20). The average molecular weight is 284 g/mol. The van der Waals surface area contributed by atoms with Crippen molar-refractivity contribution in [1.82, 2.24) is 4.98 Å². The molecule has 1 aromatic heterocycles. The van der Waals surface area contributed by atoms with Gasteiger partial charge in [-0.05, 0) is 41.5 Å². The molecule has 0 radical (unpaired) electrons. The molecule has 3 rings (SSSR count). The summed E-state index contributed by atoms with van der Waals surface area (Å²) < 4.78 is 0. The highest BCUT2D eigenvalue weighted by molar-refractivity contribution is 6.31. The molecule has 0 aliphatic heterocycles. The maximum absolute atomic E-state index is 11.3. The van der Waals surface area contributed by atoms with E-state index in [0.717, 1.165) is 16.5 Å². The number of hydrogen-bond acceptors (Lipinski definition) is 2. The second-order valence-corrected chi connectivity index (χ2v) is 4.84. The molecule has 0 saturated heterocycles. The van der Waals surface area contributed by atoms with Crippen LogP contribution in [0.1, 0.15) is 10.4 Å². The summed E-state index contributed by atoms with van der Waals surface area (Å²) in [5, 5.41) is 10.7. The smallest absolute Gasteiger partial charge is 0.336 e. The maximum atomic E-state index is 11.3. The zero-order chi connectivity index (χ0) is 14.1. The van der Waals surface area contributed by atoms with Crippen molar-refractivity contribution in [3.8, 4) is 11.1 Å². The quantitative estimate of drug-likeness (QED) is 0.765. The molecule has 4 heteroatoms. The van der Waals surface area contributed by atoms with Gasteiger partial charge in [-0.1, -0.05) is 29.8 Å². The van der Waals surface area contributed by atoms with Crippen molar-refractivity contribution in [3.05, 3.63) is 65.3 Å². The van der Waals surface area contributed by atoms with Gasteiger partial charge in [0.15, 0.2) is 0 Å². The number of benzene rings is 2. The third kappa shape index (κ3) is 2.24. The summed E-state index contributed by atoms with van der Waals surface area (Å²) in [5.74, 6) is -0.992. The Morgan fingerprint density at radius 2 is 1.95 bits per heavy atom. The Morgan fingerprint density at radius 3 is 2.75 bits per heavy atom. The molecule has 0 aliphatic carbocycles. The monoisotopic (exact) mass is 283 g/mol. The molecule has 0 bridgehead atoms. The summed E-state index contributed by atoms with van der Waals surface area (Å²) in [5.41, 5.74) is 2.55. The van der Waals surface area contributed by atoms with E-state index in [0.29, 0.717) is 10.6 Å². The number of carboxylic acid groups (broad SMARTS) is 1. The predicted octanol–water partition coefficient (Wildman–Crippen LogP) is 4.25. The van der Waals surface area contributed by atoms with Crippen LogP contribution in [0, 0.1) is 0 Å². The fourth-order valence-corrected chi connectivity index (χ4v) is 2.36. The van der Waals surface area contributed by atoms with Crippen LogP contribution in [0.25, 0.3) is 22.0 Å². The number of rotatable bonds is 2. The Hall–Kier alpha value is -2.39. The lowest BCUT2D eigenvalue weighted by Crippen LogP contribution is -1.99. The molecule has 0 amide bonds. The molecule has 0 spiro atoms. The predicted molar refractivity (Wildman–Crippen MR) is 79.1 cm³/mol. The lowest BCUT2D eigenvalue weighted by Gasteiger charge is -2.08. The number of fused-ring (bicyclic) bond motifs is 1. The van der Waals surface area contributed by atoms with Crippen LogP contribution in [0.3, 0.4) is 0 Å². The number of halogens is 1. The number of nitrogens with zero attached hydrogens (tertiary/aromatic N) is 1. The normalized spacial score (nSPS) is 10.7. The summed E-state index contributed by atoms with van der Waals surface area (Å²) in [6.45, 7) is 0. The van der Waals surface area contributed by atoms with Crippen LogP contribution in [0.4, 0.5) is 0 Å². The molecule has 3 aromatic rings. The Bertz CT molecular complexity index is 814. The second-order valence-electron chi connectivity index (χ2n) is 4.41. The van der Waals surface area contributed by atoms with Crippen LogP contribution >= 0.6 is 11.6 Å². The molecular formula is C16H10ClNO2. The van der Waals surface area contributed by atoms with Gasteiger partial charge in [0.2, 0.25) is 0 Å². The molecule has 1 heterocycles. The fourth-order valence-electron chi connectivity index (χ4n) is 2.19. The summed E-state index contributed by atoms with van der Waals surface area (Å²) in [7, 11) is 0. The summed E-state index contributed by atoms with van der Waals surface area (Å²) in [6.07, 6.45) is 1.73. The van der Waals surface area contributed by atoms with Crippen molar-refractivity contribution in [2.75, 3.05) is 0 Å². The number of pyridine rings is 1. The first-order valence-electron chi connectivity index (χ1n) is 6.03. The first kappa shape index (κ1) is 12.6. The molecule has 0 aliphatic rings. The SMILES string of the molecule is O=C(O)c1cc(Cl)ccc1-c1ccc2ncccc2c1. The van der Waals surface area contributed by atoms with E-state index in [4.69, 9.17) is 11.6 Å². The Kier molecular flexibility index (Phi) is 3.12. The van der Waals surface area contributed by atoms with Gasteiger partial charge in [0.25, 0.3) is 0 Å². The van der Waals surface area contributed by atoms with E-state index in [-0.39, 0.29) is 5.56 Å². The van der Waals surface area contributed by atoms with E-state index in [1.807, 2.05) is 30.3 Å². The van der Waals surface area contributed by atoms with Gasteiger partial charge >= 0.3 is 5.97 Å². The lowest BCUT2D eigenvalue weighted by molar-refractivity contribution is 0.0697. The van der Waals surface area contributed by atoms with Crippen molar-refractivity contribution in [3.63, 3.8) is 0 Å². The van der Waals surface area contributed by atoms with Gasteiger partial charge in [-0.15, -0.1) is 0 Å². The molecule has 20 heavy (non-hydrogen) atoms. The van der Waals surface area contributed by atoms with E-state index >= 15 is 0 Å². The number of hydrogen-bond donors (Lipinski definition) is 1. The van der Waals surface area contributed by atoms with Gasteiger partial charge in [-0.2, -0.15) is 0 Å². The van der Waals surface area contributed by atoms with E-state index in [1.165, 1.54) is 6.07 Å². The highest BCUT2D eigenvalue weighted by atomic mass is 35.5. The second kappa shape index (κ2) is 4.94. The molecule has 0 fully saturated rings. The third-order valence-corrected chi connectivity index (χ3v) is 3.36. The minimum atomic E-state index is -0.992. The zero-order valence-electron chi connectivity index (χ0n) is 10.4. The molecule has 0 unspecified atom stereocenters. The number of aromatic carboxylic acids is 1. The first-order chi connectivity index (χ1) is 9.65. The largest absolute Gasteiger partial charge is 0.478 e. The van der Waals surface area contributed by atoms with Gasteiger partial charge in [-0.25, -0.2) is 4.79 Å². The van der Waals surface area contributed by atoms with Crippen LogP contribution in [0.15, 0.2) is 54.7 Å². The van der Waals surface area contributed by atoms with Crippen LogP contribution in [-0.2, 0) is 0 Å². The molecular weight excluding hydrogens is 274 g/mol. The highest BCUT2D eigenvalue weighted by Gasteiger charge is 2.12. The number of carbonyl (C=O) groups is 1. The van der Waals surface area contributed by atoms with Crippen molar-refractivity contribution >= 4 is 28.5 Å². The minimum Gasteiger partial charge on any atom is -0.478 e. The molecule has 0 atom stereocenters. The Morgan fingerprint density at radius 1 is 1.10 bits per heavy atom. The highest BCUT2D eigenvalue weighted by Crippen LogP contribution is 2.28. The molecule has 3 nitrogen and oxygen atoms in total. The molecule has 98 valence electrons. The first-order valence-corrected chi connectivity index (χ1v) is 6.41. The van der Waals surface area contributed by atoms with Crippen LogP contribution in [-0.4, -0.2) is 16.1 Å². The van der Waals surface area contributed by atoms with Crippen molar-refractivity contribution in [2.24, 2.45) is 0 Å². The average Bonchev–Trinajstić information content (AvgIpc) is 2.46. The van der Waals surface area contributed by atoms with Gasteiger partial charge in [0.05, 0.1) is 11.1 Å². The topological polar surface area (TPSA) is 50.2 Å². The number of carboxylic acids is 1. The number of aromatic nitrogens is 1. The maximum Gasteiger partial charge on any atom is 0.336 e. The summed E-state index contributed by atoms with van der Waals surface area (Å²) in [4.78, 5) is 15.6. The van der Waals surface area contributed by atoms with Gasteiger partial charge < -0.3 is 5.11 Å². The molecule has 0 saturated carbocycles. The van der Waals surface area contributed by atoms with Gasteiger partial charge in [0.1, 0.15) is 0 Å².